The fraction of sp³-hybridized carbons (Fsp3) is 0.500. The second-order valence-corrected chi connectivity index (χ2v) is 5.00. The van der Waals surface area contributed by atoms with Crippen LogP contribution in [-0.4, -0.2) is 37.1 Å². The molecule has 1 aliphatic heterocycles. The van der Waals surface area contributed by atoms with Gasteiger partial charge in [0.05, 0.1) is 6.61 Å². The lowest BCUT2D eigenvalue weighted by Gasteiger charge is -2.36. The van der Waals surface area contributed by atoms with Gasteiger partial charge in [0, 0.05) is 30.9 Å². The zero-order chi connectivity index (χ0) is 14.3. The minimum absolute atomic E-state index is 0.115. The number of hydrogen-bond acceptors (Lipinski definition) is 4. The SMILES string of the molecule is C#CCOc1ccccc1CNC1(CO)CCOCC1. The van der Waals surface area contributed by atoms with Gasteiger partial charge in [0.1, 0.15) is 12.4 Å². The van der Waals surface area contributed by atoms with Crippen LogP contribution in [-0.2, 0) is 11.3 Å². The Balaban J connectivity index is 2.00. The number of nitrogens with one attached hydrogen (secondary N) is 1. The maximum Gasteiger partial charge on any atom is 0.148 e. The molecule has 0 spiro atoms. The van der Waals surface area contributed by atoms with E-state index in [2.05, 4.69) is 11.2 Å². The van der Waals surface area contributed by atoms with Crippen molar-refractivity contribution >= 4 is 0 Å². The third kappa shape index (κ3) is 3.73. The Hall–Kier alpha value is -1.54. The van der Waals surface area contributed by atoms with Crippen LogP contribution in [0, 0.1) is 12.3 Å². The van der Waals surface area contributed by atoms with Gasteiger partial charge in [-0.3, -0.25) is 0 Å². The molecule has 4 heteroatoms. The second kappa shape index (κ2) is 7.30. The van der Waals surface area contributed by atoms with Crippen LogP contribution in [0.25, 0.3) is 0 Å². The number of ether oxygens (including phenoxy) is 2. The molecule has 20 heavy (non-hydrogen) atoms. The van der Waals surface area contributed by atoms with Gasteiger partial charge in [0.25, 0.3) is 0 Å². The van der Waals surface area contributed by atoms with Crippen molar-refractivity contribution in [3.05, 3.63) is 29.8 Å². The molecule has 0 aliphatic carbocycles. The number of para-hydroxylation sites is 1. The normalized spacial score (nSPS) is 17.4. The van der Waals surface area contributed by atoms with E-state index >= 15 is 0 Å². The van der Waals surface area contributed by atoms with E-state index in [0.717, 1.165) is 24.2 Å². The molecule has 0 bridgehead atoms. The monoisotopic (exact) mass is 275 g/mol. The number of aliphatic hydroxyl groups is 1. The van der Waals surface area contributed by atoms with E-state index in [9.17, 15) is 5.11 Å². The molecule has 0 radical (unpaired) electrons. The summed E-state index contributed by atoms with van der Waals surface area (Å²) >= 11 is 0. The van der Waals surface area contributed by atoms with Gasteiger partial charge in [-0.25, -0.2) is 0 Å². The highest BCUT2D eigenvalue weighted by atomic mass is 16.5. The fourth-order valence-corrected chi connectivity index (χ4v) is 2.35. The van der Waals surface area contributed by atoms with E-state index in [1.807, 2.05) is 24.3 Å². The molecule has 4 nitrogen and oxygen atoms in total. The standard InChI is InChI=1S/C16H21NO3/c1-2-9-20-15-6-4-3-5-14(15)12-17-16(13-18)7-10-19-11-8-16/h1,3-6,17-18H,7-13H2. The Kier molecular flexibility index (Phi) is 5.42. The molecule has 1 saturated heterocycles. The molecular formula is C16H21NO3. The van der Waals surface area contributed by atoms with E-state index in [4.69, 9.17) is 15.9 Å². The third-order valence-electron chi connectivity index (χ3n) is 3.69. The summed E-state index contributed by atoms with van der Waals surface area (Å²) in [4.78, 5) is 0. The topological polar surface area (TPSA) is 50.7 Å². The second-order valence-electron chi connectivity index (χ2n) is 5.00. The molecule has 0 amide bonds. The summed E-state index contributed by atoms with van der Waals surface area (Å²) in [6, 6.07) is 7.80. The van der Waals surface area contributed by atoms with Crippen LogP contribution in [0.3, 0.4) is 0 Å². The van der Waals surface area contributed by atoms with Crippen molar-refractivity contribution in [1.29, 1.82) is 0 Å². The lowest BCUT2D eigenvalue weighted by molar-refractivity contribution is 0.0111. The van der Waals surface area contributed by atoms with Crippen LogP contribution in [0.2, 0.25) is 0 Å². The summed E-state index contributed by atoms with van der Waals surface area (Å²) in [5.74, 6) is 3.26. The van der Waals surface area contributed by atoms with E-state index in [0.29, 0.717) is 19.8 Å². The van der Waals surface area contributed by atoms with Crippen LogP contribution >= 0.6 is 0 Å². The Morgan fingerprint density at radius 2 is 2.10 bits per heavy atom. The smallest absolute Gasteiger partial charge is 0.148 e. The first-order chi connectivity index (χ1) is 9.79. The van der Waals surface area contributed by atoms with Gasteiger partial charge in [-0.1, -0.05) is 24.1 Å². The minimum Gasteiger partial charge on any atom is -0.481 e. The molecule has 0 aromatic heterocycles. The van der Waals surface area contributed by atoms with Crippen molar-refractivity contribution in [1.82, 2.24) is 5.32 Å². The summed E-state index contributed by atoms with van der Waals surface area (Å²) in [6.07, 6.45) is 6.85. The molecule has 2 N–H and O–H groups in total. The Morgan fingerprint density at radius 3 is 2.80 bits per heavy atom. The highest BCUT2D eigenvalue weighted by Gasteiger charge is 2.31. The predicted molar refractivity (Wildman–Crippen MR) is 77.5 cm³/mol. The number of hydrogen-bond donors (Lipinski definition) is 2. The molecule has 108 valence electrons. The lowest BCUT2D eigenvalue weighted by atomic mass is 9.90. The number of aliphatic hydroxyl groups excluding tert-OH is 1. The van der Waals surface area contributed by atoms with Crippen LogP contribution in [0.1, 0.15) is 18.4 Å². The zero-order valence-corrected chi connectivity index (χ0v) is 11.6. The lowest BCUT2D eigenvalue weighted by Crippen LogP contribution is -2.51. The molecule has 0 saturated carbocycles. The predicted octanol–water partition coefficient (Wildman–Crippen LogP) is 1.33. The Morgan fingerprint density at radius 1 is 1.35 bits per heavy atom. The van der Waals surface area contributed by atoms with Crippen LogP contribution in [0.15, 0.2) is 24.3 Å². The molecule has 1 aliphatic rings. The highest BCUT2D eigenvalue weighted by Crippen LogP contribution is 2.23. The first-order valence-corrected chi connectivity index (χ1v) is 6.87. The molecule has 1 heterocycles. The van der Waals surface area contributed by atoms with Gasteiger partial charge in [0.2, 0.25) is 0 Å². The van der Waals surface area contributed by atoms with E-state index in [-0.39, 0.29) is 18.8 Å². The van der Waals surface area contributed by atoms with Crippen molar-refractivity contribution < 1.29 is 14.6 Å². The molecule has 2 rings (SSSR count). The van der Waals surface area contributed by atoms with Gasteiger partial charge in [-0.15, -0.1) is 6.42 Å². The maximum absolute atomic E-state index is 9.65. The summed E-state index contributed by atoms with van der Waals surface area (Å²) in [7, 11) is 0. The van der Waals surface area contributed by atoms with Crippen molar-refractivity contribution in [2.75, 3.05) is 26.4 Å². The highest BCUT2D eigenvalue weighted by molar-refractivity contribution is 5.33. The number of benzene rings is 1. The minimum atomic E-state index is -0.253. The summed E-state index contributed by atoms with van der Waals surface area (Å²) in [5.41, 5.74) is 0.791. The average molecular weight is 275 g/mol. The van der Waals surface area contributed by atoms with Crippen molar-refractivity contribution in [3.8, 4) is 18.1 Å². The molecular weight excluding hydrogens is 254 g/mol. The zero-order valence-electron chi connectivity index (χ0n) is 11.6. The molecule has 1 fully saturated rings. The van der Waals surface area contributed by atoms with Crippen molar-refractivity contribution in [2.24, 2.45) is 0 Å². The van der Waals surface area contributed by atoms with Crippen LogP contribution < -0.4 is 10.1 Å². The Labute approximate surface area is 120 Å². The molecule has 0 unspecified atom stereocenters. The van der Waals surface area contributed by atoms with E-state index in [1.165, 1.54) is 0 Å². The molecule has 1 aromatic carbocycles. The van der Waals surface area contributed by atoms with Crippen molar-refractivity contribution in [3.63, 3.8) is 0 Å². The van der Waals surface area contributed by atoms with E-state index < -0.39 is 0 Å². The van der Waals surface area contributed by atoms with Gasteiger partial charge in [-0.05, 0) is 18.9 Å². The average Bonchev–Trinajstić information content (AvgIpc) is 2.52. The largest absolute Gasteiger partial charge is 0.481 e. The van der Waals surface area contributed by atoms with Crippen molar-refractivity contribution in [2.45, 2.75) is 24.9 Å². The summed E-state index contributed by atoms with van der Waals surface area (Å²) in [5, 5.41) is 13.1. The van der Waals surface area contributed by atoms with E-state index in [1.54, 1.807) is 0 Å². The first kappa shape index (κ1) is 14.9. The van der Waals surface area contributed by atoms with Gasteiger partial charge in [0.15, 0.2) is 0 Å². The number of rotatable bonds is 6. The molecule has 1 aromatic rings. The van der Waals surface area contributed by atoms with Crippen LogP contribution in [0.5, 0.6) is 5.75 Å². The molecule has 0 atom stereocenters. The number of terminal acetylenes is 1. The third-order valence-corrected chi connectivity index (χ3v) is 3.69. The summed E-state index contributed by atoms with van der Waals surface area (Å²) < 4.78 is 10.9. The summed E-state index contributed by atoms with van der Waals surface area (Å²) in [6.45, 7) is 2.38. The maximum atomic E-state index is 9.65. The van der Waals surface area contributed by atoms with Gasteiger partial charge >= 0.3 is 0 Å². The van der Waals surface area contributed by atoms with Crippen LogP contribution in [0.4, 0.5) is 0 Å². The quantitative estimate of drug-likeness (QED) is 0.769. The first-order valence-electron chi connectivity index (χ1n) is 6.87. The van der Waals surface area contributed by atoms with Gasteiger partial charge in [-0.2, -0.15) is 0 Å². The Bertz CT molecular complexity index is 461. The fourth-order valence-electron chi connectivity index (χ4n) is 2.35. The van der Waals surface area contributed by atoms with Gasteiger partial charge < -0.3 is 19.9 Å².